The van der Waals surface area contributed by atoms with E-state index >= 15 is 0 Å². The lowest BCUT2D eigenvalue weighted by atomic mass is 10.00. The molecule has 2 atom stereocenters. The molecule has 0 fully saturated rings. The van der Waals surface area contributed by atoms with E-state index in [9.17, 15) is 4.21 Å². The van der Waals surface area contributed by atoms with Gasteiger partial charge in [0, 0.05) is 11.2 Å². The van der Waals surface area contributed by atoms with Gasteiger partial charge in [-0.15, -0.1) is 0 Å². The summed E-state index contributed by atoms with van der Waals surface area (Å²) in [5, 5.41) is 0. The Hall–Kier alpha value is -2.59. The van der Waals surface area contributed by atoms with E-state index in [1.54, 1.807) is 13.4 Å². The molecule has 25 heavy (non-hydrogen) atoms. The summed E-state index contributed by atoms with van der Waals surface area (Å²) in [6, 6.07) is 26.8. The minimum absolute atomic E-state index is 0.301. The van der Waals surface area contributed by atoms with Gasteiger partial charge < -0.3 is 4.74 Å². The second-order valence-corrected chi connectivity index (χ2v) is 8.09. The van der Waals surface area contributed by atoms with Crippen molar-refractivity contribution < 1.29 is 8.95 Å². The Kier molecular flexibility index (Phi) is 5.19. The van der Waals surface area contributed by atoms with Crippen LogP contribution in [0.5, 0.6) is 5.75 Å². The highest BCUT2D eigenvalue weighted by Crippen LogP contribution is 2.30. The molecule has 3 aromatic rings. The van der Waals surface area contributed by atoms with Crippen LogP contribution in [0.2, 0.25) is 0 Å². The monoisotopic (exact) mass is 351 g/mol. The van der Waals surface area contributed by atoms with Crippen molar-refractivity contribution in [1.82, 2.24) is 0 Å². The topological polar surface area (TPSA) is 38.7 Å². The van der Waals surface area contributed by atoms with Gasteiger partial charge in [0.2, 0.25) is 0 Å². The predicted molar refractivity (Wildman–Crippen MR) is 102 cm³/mol. The zero-order valence-corrected chi connectivity index (χ0v) is 15.1. The highest BCUT2D eigenvalue weighted by atomic mass is 32.2. The summed E-state index contributed by atoms with van der Waals surface area (Å²) in [5.41, 5.74) is 2.00. The van der Waals surface area contributed by atoms with Gasteiger partial charge in [-0.05, 0) is 35.4 Å². The summed E-state index contributed by atoms with van der Waals surface area (Å²) in [4.78, 5) is 0.740. The average molecular weight is 351 g/mol. The Balaban J connectivity index is 2.11. The summed E-state index contributed by atoms with van der Waals surface area (Å²) in [7, 11) is -0.887. The van der Waals surface area contributed by atoms with Crippen LogP contribution in [0.25, 0.3) is 0 Å². The van der Waals surface area contributed by atoms with Crippen LogP contribution in [-0.4, -0.2) is 17.6 Å². The zero-order chi connectivity index (χ0) is 17.7. The fourth-order valence-corrected chi connectivity index (χ4v) is 4.10. The Bertz CT molecular complexity index is 929. The predicted octanol–water partition coefficient (Wildman–Crippen LogP) is 4.94. The second kappa shape index (κ2) is 7.53. The van der Waals surface area contributed by atoms with Crippen LogP contribution in [0, 0.1) is 0 Å². The third kappa shape index (κ3) is 4.09. The molecule has 0 N–H and O–H groups in total. The largest absolute Gasteiger partial charge is 0.497 e. The van der Waals surface area contributed by atoms with Gasteiger partial charge in [0.1, 0.15) is 11.8 Å². The number of methoxy groups -OCH3 is 1. The van der Waals surface area contributed by atoms with Crippen molar-refractivity contribution in [2.45, 2.75) is 10.9 Å². The van der Waals surface area contributed by atoms with Gasteiger partial charge in [-0.1, -0.05) is 60.7 Å². The summed E-state index contributed by atoms with van der Waals surface area (Å²) < 4.78 is 23.3. The Labute approximate surface area is 149 Å². The first-order chi connectivity index (χ1) is 12.1. The van der Waals surface area contributed by atoms with Gasteiger partial charge in [0.25, 0.3) is 0 Å². The molecule has 3 nitrogen and oxygen atoms in total. The minimum Gasteiger partial charge on any atom is -0.497 e. The van der Waals surface area contributed by atoms with Gasteiger partial charge in [-0.25, -0.2) is 8.57 Å². The number of hydrogen-bond acceptors (Lipinski definition) is 3. The van der Waals surface area contributed by atoms with Gasteiger partial charge in [-0.3, -0.25) is 0 Å². The van der Waals surface area contributed by atoms with E-state index in [1.165, 1.54) is 0 Å². The highest BCUT2D eigenvalue weighted by molar-refractivity contribution is 7.93. The molecule has 3 aromatic carbocycles. The van der Waals surface area contributed by atoms with Gasteiger partial charge in [-0.2, -0.15) is 0 Å². The quantitative estimate of drug-likeness (QED) is 0.653. The van der Waals surface area contributed by atoms with Crippen molar-refractivity contribution in [1.29, 1.82) is 0 Å². The number of benzene rings is 3. The molecule has 0 bridgehead atoms. The lowest BCUT2D eigenvalue weighted by Crippen LogP contribution is -2.05. The minimum atomic E-state index is -2.53. The summed E-state index contributed by atoms with van der Waals surface area (Å²) in [6.45, 7) is 0. The molecular formula is C21H21NO2S. The summed E-state index contributed by atoms with van der Waals surface area (Å²) in [6.07, 6.45) is 1.70. The maximum Gasteiger partial charge on any atom is 0.118 e. The van der Waals surface area contributed by atoms with Crippen molar-refractivity contribution in [3.63, 3.8) is 0 Å². The first-order valence-electron chi connectivity index (χ1n) is 8.05. The van der Waals surface area contributed by atoms with Gasteiger partial charge in [0.05, 0.1) is 16.8 Å². The van der Waals surface area contributed by atoms with Crippen LogP contribution in [0.15, 0.2) is 94.2 Å². The Morgan fingerprint density at radius 3 is 1.88 bits per heavy atom. The molecule has 0 spiro atoms. The number of nitrogens with zero attached hydrogens (tertiary/aromatic N) is 1. The number of hydrogen-bond donors (Lipinski definition) is 0. The molecule has 4 heteroatoms. The average Bonchev–Trinajstić information content (AvgIpc) is 2.68. The van der Waals surface area contributed by atoms with E-state index in [2.05, 4.69) is 0 Å². The van der Waals surface area contributed by atoms with Crippen molar-refractivity contribution in [3.8, 4) is 5.75 Å². The third-order valence-electron chi connectivity index (χ3n) is 4.03. The molecule has 0 aliphatic rings. The van der Waals surface area contributed by atoms with Crippen LogP contribution in [0.4, 0.5) is 0 Å². The maximum atomic E-state index is 13.3. The number of ether oxygens (including phenoxy) is 1. The van der Waals surface area contributed by atoms with Crippen LogP contribution < -0.4 is 4.74 Å². The fourth-order valence-electron chi connectivity index (χ4n) is 2.67. The van der Waals surface area contributed by atoms with Crippen LogP contribution in [-0.2, 0) is 9.73 Å². The fraction of sp³-hybridized carbons (Fsp3) is 0.143. The Morgan fingerprint density at radius 2 is 1.32 bits per heavy atom. The summed E-state index contributed by atoms with van der Waals surface area (Å²) >= 11 is 0. The SMILES string of the molecule is COc1ccc(C(N=S(C)(=O)c2ccccc2)c2ccccc2)cc1. The van der Waals surface area contributed by atoms with E-state index in [0.29, 0.717) is 0 Å². The van der Waals surface area contributed by atoms with E-state index in [-0.39, 0.29) is 6.04 Å². The van der Waals surface area contributed by atoms with Crippen molar-refractivity contribution >= 4 is 9.73 Å². The maximum absolute atomic E-state index is 13.3. The van der Waals surface area contributed by atoms with Crippen LogP contribution in [0.3, 0.4) is 0 Å². The third-order valence-corrected chi connectivity index (χ3v) is 5.79. The van der Waals surface area contributed by atoms with E-state index in [0.717, 1.165) is 21.8 Å². The molecule has 0 amide bonds. The van der Waals surface area contributed by atoms with E-state index < -0.39 is 9.73 Å². The second-order valence-electron chi connectivity index (χ2n) is 5.81. The molecule has 3 rings (SSSR count). The molecule has 0 aliphatic carbocycles. The Morgan fingerprint density at radius 1 is 0.800 bits per heavy atom. The van der Waals surface area contributed by atoms with Gasteiger partial charge >= 0.3 is 0 Å². The molecule has 2 unspecified atom stereocenters. The summed E-state index contributed by atoms with van der Waals surface area (Å²) in [5.74, 6) is 0.788. The van der Waals surface area contributed by atoms with Gasteiger partial charge in [0.15, 0.2) is 0 Å². The first kappa shape index (κ1) is 17.2. The zero-order valence-electron chi connectivity index (χ0n) is 14.3. The molecule has 0 aromatic heterocycles. The highest BCUT2D eigenvalue weighted by Gasteiger charge is 2.16. The lowest BCUT2D eigenvalue weighted by molar-refractivity contribution is 0.414. The molecule has 0 aliphatic heterocycles. The first-order valence-corrected chi connectivity index (χ1v) is 9.98. The van der Waals surface area contributed by atoms with Crippen LogP contribution in [0.1, 0.15) is 17.2 Å². The molecular weight excluding hydrogens is 330 g/mol. The van der Waals surface area contributed by atoms with Crippen LogP contribution >= 0.6 is 0 Å². The van der Waals surface area contributed by atoms with Crippen molar-refractivity contribution in [2.24, 2.45) is 4.36 Å². The molecule has 0 saturated heterocycles. The standard InChI is InChI=1S/C21H21NO2S/c1-24-19-15-13-18(14-16-19)21(17-9-5-3-6-10-17)22-25(2,23)20-11-7-4-8-12-20/h3-16,21H,1-2H3. The normalized spacial score (nSPS) is 14.3. The molecule has 0 saturated carbocycles. The van der Waals surface area contributed by atoms with Crippen molar-refractivity contribution in [2.75, 3.05) is 13.4 Å². The smallest absolute Gasteiger partial charge is 0.118 e. The van der Waals surface area contributed by atoms with Crippen molar-refractivity contribution in [3.05, 3.63) is 96.1 Å². The van der Waals surface area contributed by atoms with E-state index in [4.69, 9.17) is 9.10 Å². The van der Waals surface area contributed by atoms with E-state index in [1.807, 2.05) is 84.9 Å². The molecule has 0 radical (unpaired) electrons. The number of rotatable bonds is 5. The lowest BCUT2D eigenvalue weighted by Gasteiger charge is -2.16. The molecule has 128 valence electrons. The molecule has 0 heterocycles.